The molecular weight excluding hydrogens is 282 g/mol. The van der Waals surface area contributed by atoms with E-state index in [4.69, 9.17) is 9.47 Å². The fourth-order valence-electron chi connectivity index (χ4n) is 3.59. The predicted molar refractivity (Wildman–Crippen MR) is 81.0 cm³/mol. The zero-order valence-electron chi connectivity index (χ0n) is 13.0. The van der Waals surface area contributed by atoms with Crippen LogP contribution in [-0.2, 0) is 9.59 Å². The van der Waals surface area contributed by atoms with E-state index in [0.717, 1.165) is 18.4 Å². The van der Waals surface area contributed by atoms with Gasteiger partial charge in [0.05, 0.1) is 20.3 Å². The Morgan fingerprint density at radius 1 is 1.09 bits per heavy atom. The fraction of sp³-hybridized carbons (Fsp3) is 0.529. The second kappa shape index (κ2) is 5.99. The minimum atomic E-state index is -0.182. The number of hydrogen-bond acceptors (Lipinski definition) is 4. The van der Waals surface area contributed by atoms with Crippen molar-refractivity contribution in [1.82, 2.24) is 4.90 Å². The fourth-order valence-corrected chi connectivity index (χ4v) is 3.59. The van der Waals surface area contributed by atoms with Gasteiger partial charge in [0.15, 0.2) is 11.5 Å². The van der Waals surface area contributed by atoms with Gasteiger partial charge in [0, 0.05) is 25.3 Å². The quantitative estimate of drug-likeness (QED) is 0.861. The molecule has 0 aromatic heterocycles. The summed E-state index contributed by atoms with van der Waals surface area (Å²) in [4.78, 5) is 26.4. The molecule has 0 radical (unpaired) electrons. The highest BCUT2D eigenvalue weighted by Crippen LogP contribution is 2.40. The molecule has 5 heteroatoms. The van der Waals surface area contributed by atoms with Gasteiger partial charge < -0.3 is 14.4 Å². The van der Waals surface area contributed by atoms with E-state index >= 15 is 0 Å². The summed E-state index contributed by atoms with van der Waals surface area (Å²) in [5.41, 5.74) is 0.936. The Hall–Kier alpha value is -2.04. The van der Waals surface area contributed by atoms with Crippen molar-refractivity contribution in [3.8, 4) is 11.5 Å². The monoisotopic (exact) mass is 303 g/mol. The summed E-state index contributed by atoms with van der Waals surface area (Å²) in [5.74, 6) is 1.66. The summed E-state index contributed by atoms with van der Waals surface area (Å²) in [5, 5.41) is 0. The molecule has 118 valence electrons. The number of carbonyl (C=O) groups is 2. The number of ketones is 1. The largest absolute Gasteiger partial charge is 0.493 e. The zero-order chi connectivity index (χ0) is 15.7. The summed E-state index contributed by atoms with van der Waals surface area (Å²) in [6.45, 7) is 0. The first-order valence-electron chi connectivity index (χ1n) is 7.69. The number of amides is 1. The van der Waals surface area contributed by atoms with Crippen LogP contribution < -0.4 is 9.47 Å². The third-order valence-electron chi connectivity index (χ3n) is 4.62. The van der Waals surface area contributed by atoms with Gasteiger partial charge in [0.1, 0.15) is 5.78 Å². The minimum Gasteiger partial charge on any atom is -0.493 e. The molecule has 0 spiro atoms. The minimum absolute atomic E-state index is 0.0561. The Morgan fingerprint density at radius 2 is 1.86 bits per heavy atom. The van der Waals surface area contributed by atoms with Crippen LogP contribution in [0.2, 0.25) is 0 Å². The highest BCUT2D eigenvalue weighted by atomic mass is 16.5. The van der Waals surface area contributed by atoms with Crippen molar-refractivity contribution in [3.63, 3.8) is 0 Å². The molecule has 2 atom stereocenters. The number of nitrogens with zero attached hydrogens (tertiary/aromatic N) is 1. The van der Waals surface area contributed by atoms with Crippen LogP contribution in [0.5, 0.6) is 11.5 Å². The molecular formula is C17H21NO4. The lowest BCUT2D eigenvalue weighted by Crippen LogP contribution is -2.50. The molecule has 0 aliphatic carbocycles. The SMILES string of the molecule is COc1ccc([C@H]2CC(=O)C[C@H]3CCCC(=O)N32)cc1OC. The van der Waals surface area contributed by atoms with Crippen molar-refractivity contribution in [2.75, 3.05) is 14.2 Å². The molecule has 3 rings (SSSR count). The number of methoxy groups -OCH3 is 2. The van der Waals surface area contributed by atoms with Crippen molar-refractivity contribution < 1.29 is 19.1 Å². The average molecular weight is 303 g/mol. The number of rotatable bonds is 3. The second-order valence-corrected chi connectivity index (χ2v) is 5.92. The molecule has 2 heterocycles. The Labute approximate surface area is 130 Å². The normalized spacial score (nSPS) is 24.9. The van der Waals surface area contributed by atoms with Crippen LogP contribution in [0.1, 0.15) is 43.7 Å². The summed E-state index contributed by atoms with van der Waals surface area (Å²) in [6, 6.07) is 5.50. The van der Waals surface area contributed by atoms with Gasteiger partial charge in [-0.1, -0.05) is 6.07 Å². The van der Waals surface area contributed by atoms with Gasteiger partial charge >= 0.3 is 0 Å². The summed E-state index contributed by atoms with van der Waals surface area (Å²) >= 11 is 0. The predicted octanol–water partition coefficient (Wildman–Crippen LogP) is 2.49. The van der Waals surface area contributed by atoms with Gasteiger partial charge in [-0.15, -0.1) is 0 Å². The van der Waals surface area contributed by atoms with Crippen LogP contribution in [0.15, 0.2) is 18.2 Å². The summed E-state index contributed by atoms with van der Waals surface area (Å²) in [7, 11) is 3.17. The number of ether oxygens (including phenoxy) is 2. The van der Waals surface area contributed by atoms with Crippen molar-refractivity contribution in [3.05, 3.63) is 23.8 Å². The summed E-state index contributed by atoms with van der Waals surface area (Å²) < 4.78 is 10.6. The van der Waals surface area contributed by atoms with Gasteiger partial charge in [-0.25, -0.2) is 0 Å². The standard InChI is InChI=1S/C17H21NO4/c1-21-15-7-6-11(8-16(15)22-2)14-10-13(19)9-12-4-3-5-17(20)18(12)14/h6-8,12,14H,3-5,9-10H2,1-2H3/t12-,14-/m1/s1. The number of carbonyl (C=O) groups excluding carboxylic acids is 2. The molecule has 2 aliphatic rings. The molecule has 1 aromatic carbocycles. The molecule has 0 bridgehead atoms. The van der Waals surface area contributed by atoms with E-state index in [1.807, 2.05) is 23.1 Å². The van der Waals surface area contributed by atoms with Crippen LogP contribution in [0.3, 0.4) is 0 Å². The number of fused-ring (bicyclic) bond motifs is 1. The molecule has 22 heavy (non-hydrogen) atoms. The van der Waals surface area contributed by atoms with Gasteiger partial charge in [0.25, 0.3) is 0 Å². The molecule has 0 saturated carbocycles. The third kappa shape index (κ3) is 2.56. The lowest BCUT2D eigenvalue weighted by atomic mass is 9.85. The van der Waals surface area contributed by atoms with Crippen LogP contribution >= 0.6 is 0 Å². The van der Waals surface area contributed by atoms with E-state index in [0.29, 0.717) is 30.8 Å². The number of benzene rings is 1. The zero-order valence-corrected chi connectivity index (χ0v) is 13.0. The number of hydrogen-bond donors (Lipinski definition) is 0. The Morgan fingerprint density at radius 3 is 2.59 bits per heavy atom. The average Bonchev–Trinajstić information content (AvgIpc) is 2.53. The molecule has 5 nitrogen and oxygen atoms in total. The molecule has 2 fully saturated rings. The van der Waals surface area contributed by atoms with Crippen molar-refractivity contribution in [2.24, 2.45) is 0 Å². The van der Waals surface area contributed by atoms with Gasteiger partial charge in [-0.2, -0.15) is 0 Å². The van der Waals surface area contributed by atoms with Crippen LogP contribution in [0.4, 0.5) is 0 Å². The first kappa shape index (κ1) is 14.9. The lowest BCUT2D eigenvalue weighted by Gasteiger charge is -2.44. The van der Waals surface area contributed by atoms with E-state index < -0.39 is 0 Å². The van der Waals surface area contributed by atoms with Crippen molar-refractivity contribution in [2.45, 2.75) is 44.2 Å². The van der Waals surface area contributed by atoms with E-state index in [1.54, 1.807) is 14.2 Å². The van der Waals surface area contributed by atoms with E-state index in [9.17, 15) is 9.59 Å². The first-order chi connectivity index (χ1) is 10.6. The number of piperidine rings is 2. The summed E-state index contributed by atoms with van der Waals surface area (Å²) in [6.07, 6.45) is 3.26. The highest BCUT2D eigenvalue weighted by molar-refractivity contribution is 5.86. The topological polar surface area (TPSA) is 55.8 Å². The molecule has 2 aliphatic heterocycles. The second-order valence-electron chi connectivity index (χ2n) is 5.92. The van der Waals surface area contributed by atoms with Crippen LogP contribution in [0.25, 0.3) is 0 Å². The maximum Gasteiger partial charge on any atom is 0.223 e. The number of Topliss-reactive ketones (excluding diaryl/α,β-unsaturated/α-hetero) is 1. The maximum atomic E-state index is 12.4. The molecule has 0 unspecified atom stereocenters. The van der Waals surface area contributed by atoms with Gasteiger partial charge in [-0.3, -0.25) is 9.59 Å². The van der Waals surface area contributed by atoms with E-state index in [2.05, 4.69) is 0 Å². The third-order valence-corrected chi connectivity index (χ3v) is 4.62. The van der Waals surface area contributed by atoms with Crippen LogP contribution in [-0.4, -0.2) is 36.9 Å². The molecule has 1 amide bonds. The van der Waals surface area contributed by atoms with Gasteiger partial charge in [0.2, 0.25) is 5.91 Å². The Bertz CT molecular complexity index is 598. The van der Waals surface area contributed by atoms with Gasteiger partial charge in [-0.05, 0) is 30.5 Å². The van der Waals surface area contributed by atoms with Crippen LogP contribution in [0, 0.1) is 0 Å². The Balaban J connectivity index is 1.97. The smallest absolute Gasteiger partial charge is 0.223 e. The maximum absolute atomic E-state index is 12.4. The highest BCUT2D eigenvalue weighted by Gasteiger charge is 2.40. The van der Waals surface area contributed by atoms with E-state index in [1.165, 1.54) is 0 Å². The Kier molecular flexibility index (Phi) is 4.05. The van der Waals surface area contributed by atoms with Crippen molar-refractivity contribution >= 4 is 11.7 Å². The molecule has 2 saturated heterocycles. The van der Waals surface area contributed by atoms with Crippen molar-refractivity contribution in [1.29, 1.82) is 0 Å². The first-order valence-corrected chi connectivity index (χ1v) is 7.69. The molecule has 1 aromatic rings. The molecule has 0 N–H and O–H groups in total. The van der Waals surface area contributed by atoms with E-state index in [-0.39, 0.29) is 23.8 Å². The lowest BCUT2D eigenvalue weighted by molar-refractivity contribution is -0.145.